The Labute approximate surface area is 121 Å². The summed E-state index contributed by atoms with van der Waals surface area (Å²) in [5.74, 6) is 1.61. The predicted octanol–water partition coefficient (Wildman–Crippen LogP) is 3.14. The largest absolute Gasteiger partial charge is 0.383 e. The summed E-state index contributed by atoms with van der Waals surface area (Å²) in [4.78, 5) is 10.6. The van der Waals surface area contributed by atoms with Gasteiger partial charge in [-0.3, -0.25) is 0 Å². The lowest BCUT2D eigenvalue weighted by molar-refractivity contribution is 0.202. The number of ether oxygens (including phenoxy) is 1. The molecular formula is C12H17BrClN3O. The summed E-state index contributed by atoms with van der Waals surface area (Å²) in [5.41, 5.74) is 0. The third-order valence-electron chi connectivity index (χ3n) is 3.33. The number of rotatable bonds is 6. The first-order valence-electron chi connectivity index (χ1n) is 6.06. The minimum Gasteiger partial charge on any atom is -0.383 e. The molecule has 1 fully saturated rings. The van der Waals surface area contributed by atoms with E-state index >= 15 is 0 Å². The van der Waals surface area contributed by atoms with Gasteiger partial charge >= 0.3 is 0 Å². The highest BCUT2D eigenvalue weighted by Gasteiger charge is 2.33. The molecule has 0 spiro atoms. The molecule has 0 radical (unpaired) electrons. The van der Waals surface area contributed by atoms with Crippen molar-refractivity contribution in [1.29, 1.82) is 0 Å². The Morgan fingerprint density at radius 2 is 2.28 bits per heavy atom. The van der Waals surface area contributed by atoms with Crippen molar-refractivity contribution in [2.24, 2.45) is 5.92 Å². The summed E-state index contributed by atoms with van der Waals surface area (Å²) in [7, 11) is 1.71. The fourth-order valence-corrected chi connectivity index (χ4v) is 2.63. The summed E-state index contributed by atoms with van der Waals surface area (Å²) in [6.45, 7) is 3.71. The third-order valence-corrected chi connectivity index (χ3v) is 4.58. The van der Waals surface area contributed by atoms with Crippen molar-refractivity contribution in [3.63, 3.8) is 0 Å². The molecule has 0 saturated heterocycles. The molecular weight excluding hydrogens is 318 g/mol. The smallest absolute Gasteiger partial charge is 0.148 e. The van der Waals surface area contributed by atoms with Crippen LogP contribution in [0, 0.1) is 5.92 Å². The molecule has 2 rings (SSSR count). The molecule has 1 heterocycles. The SMILES string of the molecule is COCCN(c1ncnc(Cl)c1Br)C(C)C1CC1. The van der Waals surface area contributed by atoms with Crippen LogP contribution in [-0.4, -0.2) is 36.3 Å². The zero-order valence-electron chi connectivity index (χ0n) is 10.6. The standard InChI is InChI=1S/C12H17BrClN3O/c1-8(9-3-4-9)17(5-6-18-2)12-10(13)11(14)15-7-16-12/h7-9H,3-6H2,1-2H3. The molecule has 1 aromatic heterocycles. The molecule has 0 N–H and O–H groups in total. The number of halogens is 2. The van der Waals surface area contributed by atoms with Gasteiger partial charge < -0.3 is 9.64 Å². The number of methoxy groups -OCH3 is 1. The van der Waals surface area contributed by atoms with Crippen LogP contribution in [0.15, 0.2) is 10.8 Å². The average molecular weight is 335 g/mol. The van der Waals surface area contributed by atoms with Gasteiger partial charge in [0.05, 0.1) is 11.1 Å². The second-order valence-corrected chi connectivity index (χ2v) is 5.72. The molecule has 0 bridgehead atoms. The molecule has 1 saturated carbocycles. The number of anilines is 1. The van der Waals surface area contributed by atoms with Crippen molar-refractivity contribution in [3.8, 4) is 0 Å². The van der Waals surface area contributed by atoms with Crippen LogP contribution in [0.3, 0.4) is 0 Å². The van der Waals surface area contributed by atoms with E-state index in [1.54, 1.807) is 7.11 Å². The molecule has 18 heavy (non-hydrogen) atoms. The van der Waals surface area contributed by atoms with E-state index in [1.165, 1.54) is 19.2 Å². The van der Waals surface area contributed by atoms with Crippen LogP contribution in [0.5, 0.6) is 0 Å². The van der Waals surface area contributed by atoms with Crippen molar-refractivity contribution >= 4 is 33.3 Å². The van der Waals surface area contributed by atoms with Crippen molar-refractivity contribution < 1.29 is 4.74 Å². The van der Waals surface area contributed by atoms with E-state index in [-0.39, 0.29) is 0 Å². The molecule has 0 aromatic carbocycles. The summed E-state index contributed by atoms with van der Waals surface area (Å²) in [5, 5.41) is 0.449. The van der Waals surface area contributed by atoms with Gasteiger partial charge in [0.15, 0.2) is 0 Å². The molecule has 0 aliphatic heterocycles. The fraction of sp³-hybridized carbons (Fsp3) is 0.667. The van der Waals surface area contributed by atoms with Gasteiger partial charge in [-0.15, -0.1) is 0 Å². The second kappa shape index (κ2) is 6.17. The Balaban J connectivity index is 2.23. The first kappa shape index (κ1) is 14.0. The summed E-state index contributed by atoms with van der Waals surface area (Å²) in [6, 6.07) is 0.447. The minimum absolute atomic E-state index is 0.447. The average Bonchev–Trinajstić information content (AvgIpc) is 3.18. The minimum atomic E-state index is 0.447. The van der Waals surface area contributed by atoms with Gasteiger partial charge in [0.2, 0.25) is 0 Å². The Morgan fingerprint density at radius 1 is 1.56 bits per heavy atom. The van der Waals surface area contributed by atoms with Gasteiger partial charge in [0, 0.05) is 19.7 Å². The zero-order valence-corrected chi connectivity index (χ0v) is 12.9. The summed E-state index contributed by atoms with van der Waals surface area (Å²) < 4.78 is 5.94. The molecule has 1 aliphatic carbocycles. The van der Waals surface area contributed by atoms with Crippen molar-refractivity contribution in [1.82, 2.24) is 9.97 Å². The van der Waals surface area contributed by atoms with E-state index in [9.17, 15) is 0 Å². The molecule has 1 aliphatic rings. The van der Waals surface area contributed by atoms with Gasteiger partial charge in [0.1, 0.15) is 17.3 Å². The molecule has 1 atom stereocenters. The van der Waals surface area contributed by atoms with Crippen LogP contribution in [0.1, 0.15) is 19.8 Å². The lowest BCUT2D eigenvalue weighted by Gasteiger charge is -2.31. The van der Waals surface area contributed by atoms with E-state index in [1.807, 2.05) is 0 Å². The van der Waals surface area contributed by atoms with E-state index < -0.39 is 0 Å². The van der Waals surface area contributed by atoms with Crippen molar-refractivity contribution in [2.45, 2.75) is 25.8 Å². The first-order chi connectivity index (χ1) is 8.65. The zero-order chi connectivity index (χ0) is 13.1. The van der Waals surface area contributed by atoms with E-state index in [0.29, 0.717) is 17.8 Å². The third kappa shape index (κ3) is 3.13. The van der Waals surface area contributed by atoms with Gasteiger partial charge in [0.25, 0.3) is 0 Å². The van der Waals surface area contributed by atoms with Crippen LogP contribution in [0.2, 0.25) is 5.15 Å². The van der Waals surface area contributed by atoms with E-state index in [2.05, 4.69) is 37.7 Å². The topological polar surface area (TPSA) is 38.2 Å². The van der Waals surface area contributed by atoms with Crippen LogP contribution in [-0.2, 0) is 4.74 Å². The Morgan fingerprint density at radius 3 is 2.89 bits per heavy atom. The molecule has 4 nitrogen and oxygen atoms in total. The van der Waals surface area contributed by atoms with E-state index in [0.717, 1.165) is 22.8 Å². The number of aromatic nitrogens is 2. The molecule has 1 aromatic rings. The Hall–Kier alpha value is -0.390. The normalized spacial score (nSPS) is 16.7. The summed E-state index contributed by atoms with van der Waals surface area (Å²) in [6.07, 6.45) is 4.09. The van der Waals surface area contributed by atoms with Crippen molar-refractivity contribution in [2.75, 3.05) is 25.2 Å². The first-order valence-corrected chi connectivity index (χ1v) is 7.23. The van der Waals surface area contributed by atoms with Gasteiger partial charge in [-0.05, 0) is 41.6 Å². The maximum atomic E-state index is 6.04. The Kier molecular flexibility index (Phi) is 4.81. The van der Waals surface area contributed by atoms with Gasteiger partial charge in [-0.2, -0.15) is 0 Å². The molecule has 0 amide bonds. The van der Waals surface area contributed by atoms with Crippen LogP contribution >= 0.6 is 27.5 Å². The van der Waals surface area contributed by atoms with Crippen LogP contribution in [0.4, 0.5) is 5.82 Å². The highest BCUT2D eigenvalue weighted by Crippen LogP contribution is 2.38. The monoisotopic (exact) mass is 333 g/mol. The molecule has 6 heteroatoms. The lowest BCUT2D eigenvalue weighted by Crippen LogP contribution is -2.38. The Bertz CT molecular complexity index is 414. The quantitative estimate of drug-likeness (QED) is 0.749. The number of hydrogen-bond acceptors (Lipinski definition) is 4. The van der Waals surface area contributed by atoms with Crippen molar-refractivity contribution in [3.05, 3.63) is 16.0 Å². The number of nitrogens with zero attached hydrogens (tertiary/aromatic N) is 3. The van der Waals surface area contributed by atoms with Gasteiger partial charge in [-0.1, -0.05) is 11.6 Å². The fourth-order valence-electron chi connectivity index (χ4n) is 2.07. The second-order valence-electron chi connectivity index (χ2n) is 4.57. The highest BCUT2D eigenvalue weighted by atomic mass is 79.9. The van der Waals surface area contributed by atoms with Crippen LogP contribution in [0.25, 0.3) is 0 Å². The summed E-state index contributed by atoms with van der Waals surface area (Å²) >= 11 is 9.51. The van der Waals surface area contributed by atoms with E-state index in [4.69, 9.17) is 16.3 Å². The lowest BCUT2D eigenvalue weighted by atomic mass is 10.2. The highest BCUT2D eigenvalue weighted by molar-refractivity contribution is 9.10. The maximum Gasteiger partial charge on any atom is 0.148 e. The molecule has 1 unspecified atom stereocenters. The van der Waals surface area contributed by atoms with Gasteiger partial charge in [-0.25, -0.2) is 9.97 Å². The van der Waals surface area contributed by atoms with Crippen LogP contribution < -0.4 is 4.90 Å². The number of hydrogen-bond donors (Lipinski definition) is 0. The molecule has 100 valence electrons. The maximum absolute atomic E-state index is 6.04. The predicted molar refractivity (Wildman–Crippen MR) is 76.2 cm³/mol.